The minimum atomic E-state index is -2.85. The summed E-state index contributed by atoms with van der Waals surface area (Å²) in [4.78, 5) is 0. The van der Waals surface area contributed by atoms with Crippen LogP contribution in [-0.4, -0.2) is 37.4 Å². The highest BCUT2D eigenvalue weighted by atomic mass is 28.4. The molecule has 0 aliphatic carbocycles. The van der Waals surface area contributed by atoms with Crippen LogP contribution in [0.25, 0.3) is 10.8 Å². The molecule has 0 unspecified atom stereocenters. The lowest BCUT2D eigenvalue weighted by Crippen LogP contribution is -2.66. The molecule has 0 amide bonds. The summed E-state index contributed by atoms with van der Waals surface area (Å²) in [5, 5.41) is 36.6. The van der Waals surface area contributed by atoms with Gasteiger partial charge < -0.3 is 24.5 Å². The van der Waals surface area contributed by atoms with E-state index in [1.807, 2.05) is 66.7 Å². The van der Waals surface area contributed by atoms with E-state index >= 15 is 0 Å². The molecule has 0 saturated heterocycles. The zero-order chi connectivity index (χ0) is 33.4. The number of rotatable bonds is 12. The first-order chi connectivity index (χ1) is 22.6. The fraction of sp³-hybridized carbons (Fsp3) is 0.244. The van der Waals surface area contributed by atoms with Crippen molar-refractivity contribution in [2.75, 3.05) is 13.7 Å². The number of phenols is 1. The number of hydrogen-bond donors (Lipinski definition) is 3. The second kappa shape index (κ2) is 15.0. The van der Waals surface area contributed by atoms with E-state index in [0.29, 0.717) is 18.2 Å². The van der Waals surface area contributed by atoms with E-state index in [0.717, 1.165) is 27.8 Å². The first-order valence-corrected chi connectivity index (χ1v) is 17.9. The Labute approximate surface area is 279 Å². The maximum absolute atomic E-state index is 11.4. The molecule has 0 bridgehead atoms. The number of aliphatic hydroxyl groups excluding tert-OH is 2. The molecule has 0 heterocycles. The van der Waals surface area contributed by atoms with Gasteiger partial charge in [0, 0.05) is 18.2 Å². The Bertz CT molecular complexity index is 1780. The molecule has 0 fully saturated rings. The van der Waals surface area contributed by atoms with E-state index in [2.05, 4.69) is 75.0 Å². The van der Waals surface area contributed by atoms with Gasteiger partial charge >= 0.3 is 0 Å². The second-order valence-corrected chi connectivity index (χ2v) is 17.2. The monoisotopic (exact) mass is 644 g/mol. The minimum absolute atomic E-state index is 0.183. The van der Waals surface area contributed by atoms with Gasteiger partial charge in [-0.3, -0.25) is 0 Å². The van der Waals surface area contributed by atoms with Gasteiger partial charge in [-0.15, -0.1) is 5.73 Å². The van der Waals surface area contributed by atoms with Gasteiger partial charge in [0.05, 0.1) is 25.9 Å². The number of methoxy groups -OCH3 is 1. The van der Waals surface area contributed by atoms with Crippen molar-refractivity contribution >= 4 is 29.5 Å². The van der Waals surface area contributed by atoms with Gasteiger partial charge in [0.2, 0.25) is 0 Å². The topological polar surface area (TPSA) is 79.2 Å². The van der Waals surface area contributed by atoms with Crippen molar-refractivity contribution in [2.24, 2.45) is 0 Å². The molecule has 6 heteroatoms. The largest absolute Gasteiger partial charge is 0.507 e. The van der Waals surface area contributed by atoms with Crippen LogP contribution in [0.1, 0.15) is 56.9 Å². The number of hydrogen-bond acceptors (Lipinski definition) is 5. The first-order valence-electron chi connectivity index (χ1n) is 16.0. The Morgan fingerprint density at radius 2 is 1.32 bits per heavy atom. The fourth-order valence-electron chi connectivity index (χ4n) is 6.33. The highest BCUT2D eigenvalue weighted by Gasteiger charge is 2.50. The zero-order valence-electron chi connectivity index (χ0n) is 27.6. The molecule has 3 N–H and O–H groups in total. The number of aromatic hydroxyl groups is 1. The third-order valence-electron chi connectivity index (χ3n) is 8.76. The number of fused-ring (bicyclic) bond motifs is 1. The van der Waals surface area contributed by atoms with Gasteiger partial charge in [-0.05, 0) is 61.8 Å². The Kier molecular flexibility index (Phi) is 10.8. The predicted octanol–water partition coefficient (Wildman–Crippen LogP) is 7.76. The third-order valence-corrected chi connectivity index (χ3v) is 13.7. The summed E-state index contributed by atoms with van der Waals surface area (Å²) in [5.41, 5.74) is 5.73. The molecule has 5 rings (SSSR count). The van der Waals surface area contributed by atoms with Gasteiger partial charge in [-0.2, -0.15) is 0 Å². The van der Waals surface area contributed by atoms with Crippen LogP contribution in [0.2, 0.25) is 5.04 Å². The van der Waals surface area contributed by atoms with E-state index < -0.39 is 20.5 Å². The quantitative estimate of drug-likeness (QED) is 0.0956. The molecule has 242 valence electrons. The maximum atomic E-state index is 11.4. The van der Waals surface area contributed by atoms with Gasteiger partial charge in [-0.1, -0.05) is 124 Å². The Morgan fingerprint density at radius 1 is 0.745 bits per heavy atom. The van der Waals surface area contributed by atoms with Crippen molar-refractivity contribution in [1.29, 1.82) is 0 Å². The summed E-state index contributed by atoms with van der Waals surface area (Å²) < 4.78 is 12.5. The highest BCUT2D eigenvalue weighted by molar-refractivity contribution is 6.99. The smallest absolute Gasteiger partial charge is 0.261 e. The van der Waals surface area contributed by atoms with Crippen molar-refractivity contribution in [1.82, 2.24) is 0 Å². The van der Waals surface area contributed by atoms with E-state index in [4.69, 9.17) is 9.16 Å². The third kappa shape index (κ3) is 7.60. The lowest BCUT2D eigenvalue weighted by Gasteiger charge is -2.43. The first kappa shape index (κ1) is 33.9. The molecule has 5 aromatic carbocycles. The molecule has 0 aliphatic rings. The van der Waals surface area contributed by atoms with Crippen LogP contribution in [0.3, 0.4) is 0 Å². The minimum Gasteiger partial charge on any atom is -0.507 e. The van der Waals surface area contributed by atoms with Crippen molar-refractivity contribution in [3.05, 3.63) is 150 Å². The molecule has 0 radical (unpaired) electrons. The zero-order valence-corrected chi connectivity index (χ0v) is 28.6. The van der Waals surface area contributed by atoms with Crippen LogP contribution in [0.5, 0.6) is 11.5 Å². The van der Waals surface area contributed by atoms with E-state index in [1.54, 1.807) is 19.2 Å². The summed E-state index contributed by atoms with van der Waals surface area (Å²) in [6.45, 7) is 6.98. The second-order valence-electron chi connectivity index (χ2n) is 12.9. The SMILES string of the molecule is COc1ccc([C@H](O)CC(=C=CC[C@@H](O)c2ccc(O)c3ccccc23)CO[Si](c2ccccc2)(c2ccccc2)C(C)(C)C)cc1. The standard InChI is InChI=1S/C41H44O5Si/c1-41(2,3)47(33-15-7-5-8-16-33,34-17-9-6-10-18-34)46-29-30(28-40(44)31-22-24-32(45-4)25-23-31)14-13-21-38(42)37-26-27-39(43)36-20-12-11-19-35(36)37/h5-13,15-20,22-27,38,40,42-44H,21,28-29H2,1-4H3/t14?,38-,40-/m1/s1. The number of ether oxygens (including phenoxy) is 1. The highest BCUT2D eigenvalue weighted by Crippen LogP contribution is 2.38. The molecule has 47 heavy (non-hydrogen) atoms. The normalized spacial score (nSPS) is 13.1. The van der Waals surface area contributed by atoms with Crippen molar-refractivity contribution in [3.8, 4) is 11.5 Å². The van der Waals surface area contributed by atoms with E-state index in [1.165, 1.54) is 10.4 Å². The van der Waals surface area contributed by atoms with Gasteiger partial charge in [0.15, 0.2) is 0 Å². The lowest BCUT2D eigenvalue weighted by molar-refractivity contribution is 0.172. The fourth-order valence-corrected chi connectivity index (χ4v) is 10.9. The van der Waals surface area contributed by atoms with Crippen LogP contribution < -0.4 is 15.1 Å². The van der Waals surface area contributed by atoms with Crippen LogP contribution in [0.15, 0.2) is 139 Å². The number of benzene rings is 5. The van der Waals surface area contributed by atoms with Crippen molar-refractivity contribution in [3.63, 3.8) is 0 Å². The van der Waals surface area contributed by atoms with Crippen molar-refractivity contribution in [2.45, 2.75) is 50.9 Å². The predicted molar refractivity (Wildman–Crippen MR) is 193 cm³/mol. The Hall–Kier alpha value is -4.42. The van der Waals surface area contributed by atoms with E-state index in [9.17, 15) is 15.3 Å². The summed E-state index contributed by atoms with van der Waals surface area (Å²) in [6.07, 6.45) is 0.843. The number of aliphatic hydroxyl groups is 2. The Balaban J connectivity index is 1.51. The summed E-state index contributed by atoms with van der Waals surface area (Å²) >= 11 is 0. The summed E-state index contributed by atoms with van der Waals surface area (Å²) in [6, 6.07) is 39.3. The van der Waals surface area contributed by atoms with Crippen LogP contribution >= 0.6 is 0 Å². The molecular weight excluding hydrogens is 601 g/mol. The maximum Gasteiger partial charge on any atom is 0.261 e. The van der Waals surface area contributed by atoms with Gasteiger partial charge in [-0.25, -0.2) is 0 Å². The lowest BCUT2D eigenvalue weighted by atomic mass is 9.97. The molecular formula is C41H44O5Si. The molecule has 0 aliphatic heterocycles. The molecule has 0 aromatic heterocycles. The van der Waals surface area contributed by atoms with Gasteiger partial charge in [0.1, 0.15) is 11.5 Å². The van der Waals surface area contributed by atoms with E-state index in [-0.39, 0.29) is 17.4 Å². The summed E-state index contributed by atoms with van der Waals surface area (Å²) in [5.74, 6) is 0.907. The van der Waals surface area contributed by atoms with Crippen LogP contribution in [-0.2, 0) is 4.43 Å². The average molecular weight is 645 g/mol. The van der Waals surface area contributed by atoms with Gasteiger partial charge in [0.25, 0.3) is 8.32 Å². The van der Waals surface area contributed by atoms with Crippen LogP contribution in [0.4, 0.5) is 0 Å². The molecule has 2 atom stereocenters. The van der Waals surface area contributed by atoms with Crippen molar-refractivity contribution < 1.29 is 24.5 Å². The Morgan fingerprint density at radius 3 is 1.89 bits per heavy atom. The number of phenolic OH excluding ortho intramolecular Hbond substituents is 1. The van der Waals surface area contributed by atoms with Crippen LogP contribution in [0, 0.1) is 0 Å². The molecule has 0 saturated carbocycles. The molecule has 5 aromatic rings. The molecule has 0 spiro atoms. The average Bonchev–Trinajstić information content (AvgIpc) is 3.09. The summed E-state index contributed by atoms with van der Waals surface area (Å²) in [7, 11) is -1.23. The molecule has 5 nitrogen and oxygen atoms in total.